The van der Waals surface area contributed by atoms with Gasteiger partial charge in [-0.05, 0) is 49.1 Å². The highest BCUT2D eigenvalue weighted by Gasteiger charge is 2.47. The molecule has 4 rings (SSSR count). The van der Waals surface area contributed by atoms with E-state index >= 15 is 0 Å². The summed E-state index contributed by atoms with van der Waals surface area (Å²) in [6.07, 6.45) is 3.25. The van der Waals surface area contributed by atoms with Crippen molar-refractivity contribution in [2.75, 3.05) is 19.6 Å². The maximum atomic E-state index is 13.5. The normalized spacial score (nSPS) is 23.5. The van der Waals surface area contributed by atoms with Crippen LogP contribution in [0, 0.1) is 5.82 Å². The number of carbonyl (C=O) groups is 1. The Hall–Kier alpha value is -2.20. The zero-order chi connectivity index (χ0) is 17.3. The fourth-order valence-corrected chi connectivity index (χ4v) is 4.20. The van der Waals surface area contributed by atoms with Crippen molar-refractivity contribution in [2.45, 2.75) is 31.3 Å². The second-order valence-corrected chi connectivity index (χ2v) is 7.22. The predicted molar refractivity (Wildman–Crippen MR) is 95.7 cm³/mol. The average molecular weight is 338 g/mol. The molecule has 2 aromatic rings. The van der Waals surface area contributed by atoms with E-state index in [1.54, 1.807) is 12.1 Å². The Labute approximate surface area is 148 Å². The third-order valence-corrected chi connectivity index (χ3v) is 5.64. The summed E-state index contributed by atoms with van der Waals surface area (Å²) in [6.45, 7) is 3.37. The van der Waals surface area contributed by atoms with Gasteiger partial charge in [-0.25, -0.2) is 4.39 Å². The van der Waals surface area contributed by atoms with Crippen LogP contribution in [0.5, 0.6) is 0 Å². The fourth-order valence-electron chi connectivity index (χ4n) is 4.20. The van der Waals surface area contributed by atoms with Crippen LogP contribution in [0.3, 0.4) is 0 Å². The van der Waals surface area contributed by atoms with Crippen LogP contribution in [0.25, 0.3) is 0 Å². The fraction of sp³-hybridized carbons (Fsp3) is 0.381. The lowest BCUT2D eigenvalue weighted by Gasteiger charge is -2.57. The molecule has 130 valence electrons. The van der Waals surface area contributed by atoms with Crippen molar-refractivity contribution < 1.29 is 9.18 Å². The van der Waals surface area contributed by atoms with Gasteiger partial charge in [0.1, 0.15) is 5.82 Å². The van der Waals surface area contributed by atoms with Crippen LogP contribution in [-0.4, -0.2) is 40.9 Å². The Morgan fingerprint density at radius 1 is 1.04 bits per heavy atom. The minimum absolute atomic E-state index is 0.0645. The molecule has 4 heteroatoms. The van der Waals surface area contributed by atoms with Crippen LogP contribution >= 0.6 is 0 Å². The second kappa shape index (κ2) is 6.60. The van der Waals surface area contributed by atoms with Crippen molar-refractivity contribution in [1.82, 2.24) is 9.80 Å². The molecule has 0 saturated carbocycles. The van der Waals surface area contributed by atoms with Gasteiger partial charge in [0.25, 0.3) is 5.91 Å². The first-order valence-electron chi connectivity index (χ1n) is 9.00. The molecule has 0 aliphatic carbocycles. The summed E-state index contributed by atoms with van der Waals surface area (Å²) < 4.78 is 13.5. The lowest BCUT2D eigenvalue weighted by molar-refractivity contribution is -0.0649. The van der Waals surface area contributed by atoms with Crippen LogP contribution in [0.4, 0.5) is 4.39 Å². The Balaban J connectivity index is 1.47. The number of likely N-dealkylation sites (tertiary alicyclic amines) is 2. The minimum atomic E-state index is -0.184. The molecular weight excluding hydrogens is 315 g/mol. The van der Waals surface area contributed by atoms with Gasteiger partial charge in [0, 0.05) is 37.3 Å². The number of hydrogen-bond donors (Lipinski definition) is 0. The molecule has 2 saturated heterocycles. The first-order chi connectivity index (χ1) is 12.2. The third kappa shape index (κ3) is 3.19. The highest BCUT2D eigenvalue weighted by Crippen LogP contribution is 2.40. The summed E-state index contributed by atoms with van der Waals surface area (Å²) in [7, 11) is 0. The maximum Gasteiger partial charge on any atom is 0.253 e. The van der Waals surface area contributed by atoms with Crippen molar-refractivity contribution in [1.29, 1.82) is 0 Å². The highest BCUT2D eigenvalue weighted by atomic mass is 19.1. The molecule has 0 bridgehead atoms. The van der Waals surface area contributed by atoms with Crippen LogP contribution in [-0.2, 0) is 6.54 Å². The molecule has 25 heavy (non-hydrogen) atoms. The molecule has 3 nitrogen and oxygen atoms in total. The van der Waals surface area contributed by atoms with E-state index in [9.17, 15) is 9.18 Å². The summed E-state index contributed by atoms with van der Waals surface area (Å²) in [6, 6.07) is 16.4. The Kier molecular flexibility index (Phi) is 4.30. The van der Waals surface area contributed by atoms with E-state index in [-0.39, 0.29) is 17.3 Å². The first kappa shape index (κ1) is 16.3. The van der Waals surface area contributed by atoms with Crippen LogP contribution in [0.2, 0.25) is 0 Å². The van der Waals surface area contributed by atoms with E-state index < -0.39 is 0 Å². The molecule has 1 amide bonds. The summed E-state index contributed by atoms with van der Waals surface area (Å²) in [5.41, 5.74) is 1.83. The Morgan fingerprint density at radius 3 is 2.60 bits per heavy atom. The van der Waals surface area contributed by atoms with Gasteiger partial charge in [-0.15, -0.1) is 0 Å². The summed E-state index contributed by atoms with van der Waals surface area (Å²) in [5, 5.41) is 0. The lowest BCUT2D eigenvalue weighted by Crippen LogP contribution is -2.66. The van der Waals surface area contributed by atoms with Gasteiger partial charge < -0.3 is 4.90 Å². The molecular formula is C21H23FN2O. The topological polar surface area (TPSA) is 23.6 Å². The van der Waals surface area contributed by atoms with Crippen LogP contribution < -0.4 is 0 Å². The standard InChI is InChI=1S/C21H23FN2O/c22-19-9-4-6-17(14-19)15-24-13-11-21(24)10-5-12-23(16-21)20(25)18-7-2-1-3-8-18/h1-4,6-9,14H,5,10-13,15-16H2/t21-/m0/s1. The molecule has 2 aliphatic heterocycles. The second-order valence-electron chi connectivity index (χ2n) is 7.22. The smallest absolute Gasteiger partial charge is 0.253 e. The molecule has 0 radical (unpaired) electrons. The summed E-state index contributed by atoms with van der Waals surface area (Å²) in [5.74, 6) is -0.0612. The molecule has 2 heterocycles. The lowest BCUT2D eigenvalue weighted by atomic mass is 9.77. The van der Waals surface area contributed by atoms with Crippen LogP contribution in [0.15, 0.2) is 54.6 Å². The van der Waals surface area contributed by atoms with E-state index in [0.29, 0.717) is 0 Å². The number of carbonyl (C=O) groups excluding carboxylic acids is 1. The number of amides is 1. The van der Waals surface area contributed by atoms with Crippen molar-refractivity contribution in [3.05, 3.63) is 71.5 Å². The van der Waals surface area contributed by atoms with Crippen molar-refractivity contribution >= 4 is 5.91 Å². The Bertz CT molecular complexity index is 764. The first-order valence-corrected chi connectivity index (χ1v) is 9.00. The average Bonchev–Trinajstić information content (AvgIpc) is 2.65. The molecule has 0 unspecified atom stereocenters. The molecule has 1 atom stereocenters. The quantitative estimate of drug-likeness (QED) is 0.852. The van der Waals surface area contributed by atoms with Crippen molar-refractivity contribution in [3.8, 4) is 0 Å². The SMILES string of the molecule is O=C(c1ccccc1)N1CCC[C@]2(CCN2Cc2cccc(F)c2)C1. The van der Waals surface area contributed by atoms with E-state index in [0.717, 1.165) is 56.6 Å². The van der Waals surface area contributed by atoms with Gasteiger partial charge in [-0.2, -0.15) is 0 Å². The number of hydrogen-bond acceptors (Lipinski definition) is 2. The van der Waals surface area contributed by atoms with Gasteiger partial charge in [0.2, 0.25) is 0 Å². The monoisotopic (exact) mass is 338 g/mol. The number of piperidine rings is 1. The Morgan fingerprint density at radius 2 is 1.88 bits per heavy atom. The predicted octanol–water partition coefficient (Wildman–Crippen LogP) is 3.71. The van der Waals surface area contributed by atoms with Gasteiger partial charge in [0.05, 0.1) is 0 Å². The number of rotatable bonds is 3. The van der Waals surface area contributed by atoms with E-state index in [2.05, 4.69) is 4.90 Å². The van der Waals surface area contributed by atoms with Crippen molar-refractivity contribution in [2.24, 2.45) is 0 Å². The molecule has 1 spiro atoms. The third-order valence-electron chi connectivity index (χ3n) is 5.64. The summed E-state index contributed by atoms with van der Waals surface area (Å²) in [4.78, 5) is 17.2. The molecule has 0 N–H and O–H groups in total. The minimum Gasteiger partial charge on any atom is -0.337 e. The maximum absolute atomic E-state index is 13.5. The zero-order valence-electron chi connectivity index (χ0n) is 14.3. The van der Waals surface area contributed by atoms with E-state index in [1.165, 1.54) is 6.07 Å². The van der Waals surface area contributed by atoms with Gasteiger partial charge in [-0.3, -0.25) is 9.69 Å². The van der Waals surface area contributed by atoms with E-state index in [4.69, 9.17) is 0 Å². The van der Waals surface area contributed by atoms with Crippen LogP contribution in [0.1, 0.15) is 35.2 Å². The molecule has 2 fully saturated rings. The van der Waals surface area contributed by atoms with Gasteiger partial charge >= 0.3 is 0 Å². The van der Waals surface area contributed by atoms with Crippen molar-refractivity contribution in [3.63, 3.8) is 0 Å². The van der Waals surface area contributed by atoms with Gasteiger partial charge in [-0.1, -0.05) is 30.3 Å². The number of nitrogens with zero attached hydrogens (tertiary/aromatic N) is 2. The molecule has 0 aromatic heterocycles. The van der Waals surface area contributed by atoms with E-state index in [1.807, 2.05) is 41.3 Å². The summed E-state index contributed by atoms with van der Waals surface area (Å²) >= 11 is 0. The highest BCUT2D eigenvalue weighted by molar-refractivity contribution is 5.94. The zero-order valence-corrected chi connectivity index (χ0v) is 14.3. The number of halogens is 1. The largest absolute Gasteiger partial charge is 0.337 e. The number of benzene rings is 2. The molecule has 2 aromatic carbocycles. The molecule has 2 aliphatic rings. The van der Waals surface area contributed by atoms with Gasteiger partial charge in [0.15, 0.2) is 0 Å².